The summed E-state index contributed by atoms with van der Waals surface area (Å²) in [6, 6.07) is 11.2. The van der Waals surface area contributed by atoms with Crippen LogP contribution in [0.5, 0.6) is 5.75 Å². The summed E-state index contributed by atoms with van der Waals surface area (Å²) in [5.74, 6) is -5.95. The molecular weight excluding hydrogens is 656 g/mol. The Hall–Kier alpha value is -4.20. The highest BCUT2D eigenvalue weighted by molar-refractivity contribution is 6.22. The molecule has 0 unspecified atom stereocenters. The maximum Gasteiger partial charge on any atom is 0.416 e. The second-order valence-corrected chi connectivity index (χ2v) is 12.4. The molecular formula is C36H35F6NO6. The Morgan fingerprint density at radius 2 is 1.55 bits per heavy atom. The summed E-state index contributed by atoms with van der Waals surface area (Å²) in [7, 11) is 0. The van der Waals surface area contributed by atoms with Crippen molar-refractivity contribution in [2.45, 2.75) is 57.5 Å². The fourth-order valence-corrected chi connectivity index (χ4v) is 7.15. The minimum absolute atomic E-state index is 0.0863. The number of phenols is 1. The number of hydrogen-bond donors (Lipinski definition) is 4. The fraction of sp³-hybridized carbons (Fsp3) is 0.389. The predicted molar refractivity (Wildman–Crippen MR) is 169 cm³/mol. The Morgan fingerprint density at radius 3 is 2.12 bits per heavy atom. The number of carbonyl (C=O) groups is 2. The molecule has 13 heteroatoms. The first kappa shape index (κ1) is 36.1. The van der Waals surface area contributed by atoms with Crippen molar-refractivity contribution in [2.75, 3.05) is 18.1 Å². The zero-order valence-electron chi connectivity index (χ0n) is 26.4. The quantitative estimate of drug-likeness (QED) is 0.103. The molecule has 1 aliphatic carbocycles. The van der Waals surface area contributed by atoms with Crippen molar-refractivity contribution in [1.29, 1.82) is 0 Å². The number of allylic oxidation sites excluding steroid dienone is 1. The van der Waals surface area contributed by atoms with Crippen molar-refractivity contribution in [1.82, 2.24) is 0 Å². The van der Waals surface area contributed by atoms with E-state index in [2.05, 4.69) is 0 Å². The van der Waals surface area contributed by atoms with Crippen molar-refractivity contribution in [3.8, 4) is 5.75 Å². The lowest BCUT2D eigenvalue weighted by Crippen LogP contribution is -2.39. The molecule has 4 N–H and O–H groups in total. The Labute approximate surface area is 277 Å². The summed E-state index contributed by atoms with van der Waals surface area (Å²) in [5, 5.41) is 44.0. The molecule has 0 radical (unpaired) electrons. The third-order valence-corrected chi connectivity index (χ3v) is 9.37. The standard InChI is InChI=1S/C36H35F6NO6/c1-2-5-19(12-20-9-11-29(46)26-7-4-3-6-25(20)26)8-10-30(47)31-21(17-44)13-27-32(28(31)18-45)34(49)43(33(27)48)24-15-22(35(37,38)39)14-23(16-24)36(40,41)42/h3-4,6-7,9,11-12,14-16,27-28,30,32,44-47H,2,5,8,10,13,17-18H2,1H3/b19-12+/t27-,28+,30-,32-/m1/s1. The van der Waals surface area contributed by atoms with Gasteiger partial charge in [0.25, 0.3) is 0 Å². The zero-order chi connectivity index (χ0) is 35.8. The Balaban J connectivity index is 1.45. The normalized spacial score (nSPS) is 21.1. The summed E-state index contributed by atoms with van der Waals surface area (Å²) in [6.45, 7) is 0.537. The molecule has 4 atom stereocenters. The molecule has 0 spiro atoms. The molecule has 0 saturated carbocycles. The second kappa shape index (κ2) is 14.0. The number of amides is 2. The molecule has 3 aromatic rings. The highest BCUT2D eigenvalue weighted by Gasteiger charge is 2.55. The number of anilines is 1. The Morgan fingerprint density at radius 1 is 0.918 bits per heavy atom. The van der Waals surface area contributed by atoms with E-state index in [1.807, 2.05) is 25.1 Å². The van der Waals surface area contributed by atoms with Crippen LogP contribution in [0.4, 0.5) is 32.0 Å². The molecule has 2 aliphatic rings. The number of nitrogens with zero attached hydrogens (tertiary/aromatic N) is 1. The van der Waals surface area contributed by atoms with E-state index in [1.165, 1.54) is 0 Å². The molecule has 2 amide bonds. The zero-order valence-corrected chi connectivity index (χ0v) is 26.4. The predicted octanol–water partition coefficient (Wildman–Crippen LogP) is 7.01. The molecule has 262 valence electrons. The van der Waals surface area contributed by atoms with E-state index in [9.17, 15) is 56.4 Å². The van der Waals surface area contributed by atoms with Gasteiger partial charge in [0.15, 0.2) is 0 Å². The third kappa shape index (κ3) is 7.10. The Bertz CT molecular complexity index is 1780. The first-order valence-electron chi connectivity index (χ1n) is 15.8. The summed E-state index contributed by atoms with van der Waals surface area (Å²) < 4.78 is 81.5. The van der Waals surface area contributed by atoms with Crippen LogP contribution in [0.25, 0.3) is 16.8 Å². The number of aromatic hydroxyl groups is 1. The van der Waals surface area contributed by atoms with E-state index < -0.39 is 78.1 Å². The summed E-state index contributed by atoms with van der Waals surface area (Å²) >= 11 is 0. The number of hydrogen-bond acceptors (Lipinski definition) is 6. The topological polar surface area (TPSA) is 118 Å². The number of phenolic OH excluding ortho intramolecular Hbond substituents is 1. The summed E-state index contributed by atoms with van der Waals surface area (Å²) in [6.07, 6.45) is -8.21. The molecule has 1 fully saturated rings. The number of benzene rings is 3. The van der Waals surface area contributed by atoms with Crippen molar-refractivity contribution in [3.05, 3.63) is 88.0 Å². The molecule has 1 heterocycles. The molecule has 3 aromatic carbocycles. The summed E-state index contributed by atoms with van der Waals surface area (Å²) in [5.41, 5.74) is -2.23. The molecule has 7 nitrogen and oxygen atoms in total. The lowest BCUT2D eigenvalue weighted by Gasteiger charge is -2.36. The Kier molecular flexibility index (Phi) is 10.3. The molecule has 49 heavy (non-hydrogen) atoms. The average Bonchev–Trinajstić information content (AvgIpc) is 3.31. The maximum absolute atomic E-state index is 13.7. The third-order valence-electron chi connectivity index (χ3n) is 9.37. The largest absolute Gasteiger partial charge is 0.507 e. The molecule has 5 rings (SSSR count). The van der Waals surface area contributed by atoms with Gasteiger partial charge in [-0.05, 0) is 72.0 Å². The van der Waals surface area contributed by atoms with Crippen molar-refractivity contribution < 1.29 is 56.4 Å². The van der Waals surface area contributed by atoms with Gasteiger partial charge in [-0.25, -0.2) is 4.90 Å². The number of alkyl halides is 6. The average molecular weight is 692 g/mol. The van der Waals surface area contributed by atoms with Gasteiger partial charge in [-0.3, -0.25) is 9.59 Å². The fourth-order valence-electron chi connectivity index (χ4n) is 7.15. The van der Waals surface area contributed by atoms with E-state index >= 15 is 0 Å². The van der Waals surface area contributed by atoms with Gasteiger partial charge < -0.3 is 20.4 Å². The molecule has 0 aromatic heterocycles. The smallest absolute Gasteiger partial charge is 0.416 e. The monoisotopic (exact) mass is 691 g/mol. The second-order valence-electron chi connectivity index (χ2n) is 12.4. The minimum atomic E-state index is -5.22. The van der Waals surface area contributed by atoms with Crippen LogP contribution >= 0.6 is 0 Å². The highest BCUT2D eigenvalue weighted by atomic mass is 19.4. The molecule has 0 bridgehead atoms. The number of rotatable bonds is 10. The van der Waals surface area contributed by atoms with Gasteiger partial charge >= 0.3 is 12.4 Å². The van der Waals surface area contributed by atoms with E-state index in [4.69, 9.17) is 0 Å². The molecule has 1 saturated heterocycles. The first-order valence-corrected chi connectivity index (χ1v) is 15.8. The van der Waals surface area contributed by atoms with Gasteiger partial charge in [0.1, 0.15) is 5.75 Å². The van der Waals surface area contributed by atoms with Crippen LogP contribution in [0, 0.1) is 17.8 Å². The van der Waals surface area contributed by atoms with Crippen LogP contribution in [-0.4, -0.2) is 51.6 Å². The van der Waals surface area contributed by atoms with Crippen molar-refractivity contribution >= 4 is 34.4 Å². The van der Waals surface area contributed by atoms with E-state index in [-0.39, 0.29) is 40.7 Å². The van der Waals surface area contributed by atoms with Crippen LogP contribution in [0.15, 0.2) is 71.3 Å². The number of fused-ring (bicyclic) bond motifs is 2. The summed E-state index contributed by atoms with van der Waals surface area (Å²) in [4.78, 5) is 27.5. The van der Waals surface area contributed by atoms with Crippen LogP contribution in [0.1, 0.15) is 55.7 Å². The lowest BCUT2D eigenvalue weighted by molar-refractivity contribution is -0.143. The number of halogens is 6. The number of carbonyl (C=O) groups excluding carboxylic acids is 2. The lowest BCUT2D eigenvalue weighted by atomic mass is 9.68. The van der Waals surface area contributed by atoms with Gasteiger partial charge in [0, 0.05) is 11.3 Å². The number of aliphatic hydroxyl groups excluding tert-OH is 3. The minimum Gasteiger partial charge on any atom is -0.507 e. The first-order chi connectivity index (χ1) is 23.1. The van der Waals surface area contributed by atoms with Gasteiger partial charge in [0.2, 0.25) is 11.8 Å². The number of imide groups is 1. The van der Waals surface area contributed by atoms with Crippen molar-refractivity contribution in [3.63, 3.8) is 0 Å². The molecule has 1 aliphatic heterocycles. The van der Waals surface area contributed by atoms with Crippen LogP contribution < -0.4 is 4.90 Å². The van der Waals surface area contributed by atoms with Crippen LogP contribution in [-0.2, 0) is 21.9 Å². The van der Waals surface area contributed by atoms with Gasteiger partial charge in [-0.2, -0.15) is 26.3 Å². The number of aliphatic hydroxyl groups is 3. The van der Waals surface area contributed by atoms with E-state index in [0.29, 0.717) is 30.4 Å². The van der Waals surface area contributed by atoms with Crippen LogP contribution in [0.2, 0.25) is 0 Å². The van der Waals surface area contributed by atoms with Gasteiger partial charge in [-0.15, -0.1) is 0 Å². The highest BCUT2D eigenvalue weighted by Crippen LogP contribution is 2.48. The van der Waals surface area contributed by atoms with Crippen molar-refractivity contribution in [2.24, 2.45) is 17.8 Å². The van der Waals surface area contributed by atoms with Gasteiger partial charge in [0.05, 0.1) is 48.0 Å². The van der Waals surface area contributed by atoms with Gasteiger partial charge in [-0.1, -0.05) is 55.3 Å². The van der Waals surface area contributed by atoms with E-state index in [0.717, 1.165) is 22.9 Å². The SMILES string of the molecule is CCC/C(=C\c1ccc(O)c2ccccc12)CC[C@@H](O)C1=C(CO)C[C@H]2C(=O)N(c3cc(C(F)(F)F)cc(C(F)(F)F)c3)C(=O)[C@H]2[C@H]1CO. The van der Waals surface area contributed by atoms with E-state index in [1.54, 1.807) is 24.3 Å². The maximum atomic E-state index is 13.7. The van der Waals surface area contributed by atoms with Crippen LogP contribution in [0.3, 0.4) is 0 Å².